The molecule has 0 spiro atoms. The number of nitrogens with one attached hydrogen (secondary N) is 1. The van der Waals surface area contributed by atoms with Crippen LogP contribution in [0.5, 0.6) is 5.75 Å². The maximum Gasteiger partial charge on any atom is 0.264 e. The van der Waals surface area contributed by atoms with Crippen molar-refractivity contribution in [3.63, 3.8) is 0 Å². The van der Waals surface area contributed by atoms with Crippen molar-refractivity contribution < 1.29 is 14.3 Å². The van der Waals surface area contributed by atoms with E-state index in [-0.39, 0.29) is 29.6 Å². The molecular formula is C15H13N3O4S. The van der Waals surface area contributed by atoms with Gasteiger partial charge >= 0.3 is 0 Å². The first-order chi connectivity index (χ1) is 11.0. The second-order valence-corrected chi connectivity index (χ2v) is 5.84. The summed E-state index contributed by atoms with van der Waals surface area (Å²) >= 11 is 1.15. The van der Waals surface area contributed by atoms with Crippen LogP contribution in [0.3, 0.4) is 0 Å². The van der Waals surface area contributed by atoms with Crippen LogP contribution in [-0.2, 0) is 4.79 Å². The fraction of sp³-hybridized carbons (Fsp3) is 0.200. The quantitative estimate of drug-likeness (QED) is 0.512. The summed E-state index contributed by atoms with van der Waals surface area (Å²) in [4.78, 5) is 43.1. The number of rotatable bonds is 4. The van der Waals surface area contributed by atoms with Gasteiger partial charge in [-0.25, -0.2) is 4.98 Å². The Labute approximate surface area is 135 Å². The molecule has 0 unspecified atom stereocenters. The van der Waals surface area contributed by atoms with Crippen LogP contribution in [0.4, 0.5) is 5.69 Å². The lowest BCUT2D eigenvalue weighted by molar-refractivity contribution is -0.120. The Morgan fingerprint density at radius 3 is 3.00 bits per heavy atom. The molecule has 1 aliphatic heterocycles. The summed E-state index contributed by atoms with van der Waals surface area (Å²) in [6, 6.07) is 6.28. The van der Waals surface area contributed by atoms with Crippen LogP contribution < -0.4 is 15.2 Å². The Balaban J connectivity index is 1.75. The summed E-state index contributed by atoms with van der Waals surface area (Å²) in [7, 11) is 1.64. The maximum absolute atomic E-state index is 12.3. The van der Waals surface area contributed by atoms with Gasteiger partial charge in [0.05, 0.1) is 11.4 Å². The highest BCUT2D eigenvalue weighted by atomic mass is 32.2. The molecule has 23 heavy (non-hydrogen) atoms. The van der Waals surface area contributed by atoms with Crippen molar-refractivity contribution in [1.82, 2.24) is 9.97 Å². The van der Waals surface area contributed by atoms with E-state index in [1.807, 2.05) is 0 Å². The van der Waals surface area contributed by atoms with Crippen LogP contribution in [0.15, 0.2) is 40.4 Å². The van der Waals surface area contributed by atoms with Crippen molar-refractivity contribution in [2.75, 3.05) is 24.3 Å². The first-order valence-electron chi connectivity index (χ1n) is 6.79. The van der Waals surface area contributed by atoms with Crippen LogP contribution in [0.1, 0.15) is 10.4 Å². The number of aromatic nitrogens is 2. The molecule has 0 aliphatic carbocycles. The fourth-order valence-corrected chi connectivity index (χ4v) is 2.83. The van der Waals surface area contributed by atoms with E-state index in [9.17, 15) is 14.4 Å². The molecule has 0 fully saturated rings. The van der Waals surface area contributed by atoms with Crippen molar-refractivity contribution >= 4 is 29.1 Å². The Hall–Kier alpha value is -2.61. The van der Waals surface area contributed by atoms with Crippen LogP contribution in [-0.4, -0.2) is 41.1 Å². The number of ether oxygens (including phenoxy) is 1. The number of carbonyl (C=O) groups excluding carboxylic acids is 2. The van der Waals surface area contributed by atoms with Gasteiger partial charge < -0.3 is 14.6 Å². The third-order valence-corrected chi connectivity index (χ3v) is 4.24. The second-order valence-electron chi connectivity index (χ2n) is 4.88. The molecule has 1 N–H and O–H groups in total. The Morgan fingerprint density at radius 1 is 1.39 bits per heavy atom. The zero-order valence-corrected chi connectivity index (χ0v) is 13.1. The first kappa shape index (κ1) is 15.3. The number of ketones is 1. The number of fused-ring (bicyclic) bond motifs is 1. The van der Waals surface area contributed by atoms with Gasteiger partial charge in [0.2, 0.25) is 0 Å². The first-order valence-corrected chi connectivity index (χ1v) is 7.78. The van der Waals surface area contributed by atoms with Crippen molar-refractivity contribution in [1.29, 1.82) is 0 Å². The van der Waals surface area contributed by atoms with E-state index >= 15 is 0 Å². The van der Waals surface area contributed by atoms with E-state index < -0.39 is 0 Å². The molecule has 2 heterocycles. The molecule has 1 amide bonds. The lowest BCUT2D eigenvalue weighted by atomic mass is 10.1. The number of amides is 1. The average Bonchev–Trinajstić information content (AvgIpc) is 2.56. The van der Waals surface area contributed by atoms with Gasteiger partial charge in [0.1, 0.15) is 5.75 Å². The SMILES string of the molecule is CN1C(=O)COc2ccc(C(=O)CSc3nccc(=O)[nH]3)cc21. The molecule has 0 bridgehead atoms. The van der Waals surface area contributed by atoms with E-state index in [0.717, 1.165) is 11.8 Å². The van der Waals surface area contributed by atoms with Gasteiger partial charge in [0.15, 0.2) is 17.5 Å². The Morgan fingerprint density at radius 2 is 2.22 bits per heavy atom. The number of thioether (sulfide) groups is 1. The summed E-state index contributed by atoms with van der Waals surface area (Å²) in [6.07, 6.45) is 1.39. The summed E-state index contributed by atoms with van der Waals surface area (Å²) in [5, 5.41) is 0.388. The number of nitrogens with zero attached hydrogens (tertiary/aromatic N) is 2. The standard InChI is InChI=1S/C15H13N3O4S/c1-18-10-6-9(2-3-12(10)22-7-14(18)21)11(19)8-23-15-16-5-4-13(20)17-15/h2-6H,7-8H2,1H3,(H,16,17,20). The third kappa shape index (κ3) is 3.26. The van der Waals surface area contributed by atoms with E-state index in [1.54, 1.807) is 25.2 Å². The number of carbonyl (C=O) groups is 2. The molecular weight excluding hydrogens is 318 g/mol. The van der Waals surface area contributed by atoms with Crippen molar-refractivity contribution in [2.45, 2.75) is 5.16 Å². The Kier molecular flexibility index (Phi) is 4.16. The number of anilines is 1. The number of hydrogen-bond donors (Lipinski definition) is 1. The minimum atomic E-state index is -0.263. The highest BCUT2D eigenvalue weighted by Crippen LogP contribution is 2.32. The number of likely N-dealkylation sites (N-methyl/N-ethyl adjacent to an activating group) is 1. The third-order valence-electron chi connectivity index (χ3n) is 3.36. The van der Waals surface area contributed by atoms with Gasteiger partial charge in [-0.05, 0) is 18.2 Å². The normalized spacial score (nSPS) is 13.4. The summed E-state index contributed by atoms with van der Waals surface area (Å²) in [6.45, 7) is -0.000313. The van der Waals surface area contributed by atoms with Crippen molar-refractivity contribution in [2.24, 2.45) is 0 Å². The predicted molar refractivity (Wildman–Crippen MR) is 85.3 cm³/mol. The molecule has 3 rings (SSSR count). The topological polar surface area (TPSA) is 92.4 Å². The van der Waals surface area contributed by atoms with E-state index in [2.05, 4.69) is 9.97 Å². The largest absolute Gasteiger partial charge is 0.482 e. The predicted octanol–water partition coefficient (Wildman–Crippen LogP) is 1.10. The van der Waals surface area contributed by atoms with E-state index in [0.29, 0.717) is 22.2 Å². The number of H-pyrrole nitrogens is 1. The number of aromatic amines is 1. The van der Waals surface area contributed by atoms with Crippen LogP contribution in [0, 0.1) is 0 Å². The molecule has 0 saturated heterocycles. The summed E-state index contributed by atoms with van der Waals surface area (Å²) in [5.41, 5.74) is 0.782. The highest BCUT2D eigenvalue weighted by molar-refractivity contribution is 7.99. The Bertz CT molecular complexity index is 833. The molecule has 118 valence electrons. The monoisotopic (exact) mass is 331 g/mol. The molecule has 1 aromatic heterocycles. The fourth-order valence-electron chi connectivity index (χ4n) is 2.09. The van der Waals surface area contributed by atoms with Gasteiger partial charge in [-0.15, -0.1) is 0 Å². The second kappa shape index (κ2) is 6.25. The molecule has 2 aromatic rings. The van der Waals surface area contributed by atoms with E-state index in [4.69, 9.17) is 4.74 Å². The lowest BCUT2D eigenvalue weighted by Crippen LogP contribution is -2.35. The molecule has 1 aliphatic rings. The minimum Gasteiger partial charge on any atom is -0.482 e. The van der Waals surface area contributed by atoms with Gasteiger partial charge in [-0.3, -0.25) is 14.4 Å². The van der Waals surface area contributed by atoms with Crippen LogP contribution in [0.2, 0.25) is 0 Å². The van der Waals surface area contributed by atoms with E-state index in [1.165, 1.54) is 17.2 Å². The molecule has 1 aromatic carbocycles. The highest BCUT2D eigenvalue weighted by Gasteiger charge is 2.23. The van der Waals surface area contributed by atoms with Gasteiger partial charge in [0.25, 0.3) is 11.5 Å². The molecule has 0 radical (unpaired) electrons. The minimum absolute atomic E-state index is 0.000313. The molecule has 7 nitrogen and oxygen atoms in total. The molecule has 0 atom stereocenters. The van der Waals surface area contributed by atoms with Crippen molar-refractivity contribution in [3.8, 4) is 5.75 Å². The maximum atomic E-state index is 12.3. The zero-order chi connectivity index (χ0) is 16.4. The number of hydrogen-bond acceptors (Lipinski definition) is 6. The van der Waals surface area contributed by atoms with Crippen LogP contribution >= 0.6 is 11.8 Å². The number of benzene rings is 1. The summed E-state index contributed by atoms with van der Waals surface area (Å²) in [5.74, 6) is 0.410. The summed E-state index contributed by atoms with van der Waals surface area (Å²) < 4.78 is 5.33. The zero-order valence-electron chi connectivity index (χ0n) is 12.2. The lowest BCUT2D eigenvalue weighted by Gasteiger charge is -2.26. The van der Waals surface area contributed by atoms with Gasteiger partial charge in [0, 0.05) is 24.9 Å². The molecule has 8 heteroatoms. The van der Waals surface area contributed by atoms with Crippen molar-refractivity contribution in [3.05, 3.63) is 46.4 Å². The smallest absolute Gasteiger partial charge is 0.264 e. The average molecular weight is 331 g/mol. The van der Waals surface area contributed by atoms with Crippen LogP contribution in [0.25, 0.3) is 0 Å². The van der Waals surface area contributed by atoms with Gasteiger partial charge in [-0.2, -0.15) is 0 Å². The number of Topliss-reactive ketones (excluding diaryl/α,β-unsaturated/α-hetero) is 1. The molecule has 0 saturated carbocycles. The van der Waals surface area contributed by atoms with Gasteiger partial charge in [-0.1, -0.05) is 11.8 Å².